The second-order valence-electron chi connectivity index (χ2n) is 7.39. The van der Waals surface area contributed by atoms with Crippen molar-refractivity contribution in [3.8, 4) is 0 Å². The second-order valence-corrected chi connectivity index (χ2v) is 7.39. The van der Waals surface area contributed by atoms with Crippen LogP contribution in [-0.2, 0) is 32.0 Å². The Morgan fingerprint density at radius 1 is 0.781 bits per heavy atom. The van der Waals surface area contributed by atoms with Gasteiger partial charge in [0.05, 0.1) is 12.5 Å². The van der Waals surface area contributed by atoms with Crippen molar-refractivity contribution in [2.24, 2.45) is 5.73 Å². The maximum absolute atomic E-state index is 12.9. The molecule has 9 nitrogen and oxygen atoms in total. The van der Waals surface area contributed by atoms with Crippen LogP contribution in [0.1, 0.15) is 24.0 Å². The van der Waals surface area contributed by atoms with Crippen molar-refractivity contribution in [3.63, 3.8) is 0 Å². The molecule has 9 heteroatoms. The number of amides is 2. The monoisotopic (exact) mass is 441 g/mol. The molecular formula is C23H27N3O6. The predicted octanol–water partition coefficient (Wildman–Crippen LogP) is 0.718. The lowest BCUT2D eigenvalue weighted by Crippen LogP contribution is -2.55. The van der Waals surface area contributed by atoms with Crippen molar-refractivity contribution in [3.05, 3.63) is 71.8 Å². The van der Waals surface area contributed by atoms with Crippen LogP contribution in [0.25, 0.3) is 0 Å². The number of carboxylic acid groups (broad SMARTS) is 2. The Morgan fingerprint density at radius 3 is 1.81 bits per heavy atom. The summed E-state index contributed by atoms with van der Waals surface area (Å²) in [5.41, 5.74) is 6.79. The highest BCUT2D eigenvalue weighted by Crippen LogP contribution is 2.10. The molecule has 2 amide bonds. The molecule has 2 rings (SSSR count). The Morgan fingerprint density at radius 2 is 1.31 bits per heavy atom. The topological polar surface area (TPSA) is 159 Å². The first kappa shape index (κ1) is 24.5. The van der Waals surface area contributed by atoms with Crippen LogP contribution in [0.5, 0.6) is 0 Å². The Balaban J connectivity index is 2.17. The normalized spacial score (nSPS) is 13.5. The number of aliphatic carboxylic acids is 2. The third-order valence-corrected chi connectivity index (χ3v) is 4.88. The summed E-state index contributed by atoms with van der Waals surface area (Å²) in [6.07, 6.45) is 0.256. The van der Waals surface area contributed by atoms with Crippen LogP contribution in [-0.4, -0.2) is 52.1 Å². The van der Waals surface area contributed by atoms with Gasteiger partial charge < -0.3 is 21.3 Å². The second kappa shape index (κ2) is 12.2. The standard InChI is InChI=1S/C23H27N3O6/c24-20(27)14-19(23(31)32)26-21(28)18(13-16-9-5-2-6-10-16)25-17(22(29)30)12-11-15-7-3-1-4-8-15/h1-10,17-19,25H,11-14H2,(H2,24,27)(H,26,28)(H,29,30)(H,31,32)/t17?,18-,19-/m0/s1. The van der Waals surface area contributed by atoms with Gasteiger partial charge in [-0.15, -0.1) is 0 Å². The highest BCUT2D eigenvalue weighted by atomic mass is 16.4. The first-order chi connectivity index (χ1) is 15.3. The molecule has 0 aromatic heterocycles. The summed E-state index contributed by atoms with van der Waals surface area (Å²) < 4.78 is 0. The van der Waals surface area contributed by atoms with Gasteiger partial charge in [0.25, 0.3) is 0 Å². The fourth-order valence-electron chi connectivity index (χ4n) is 3.23. The molecule has 6 N–H and O–H groups in total. The average Bonchev–Trinajstić information content (AvgIpc) is 2.76. The highest BCUT2D eigenvalue weighted by Gasteiger charge is 2.30. The summed E-state index contributed by atoms with van der Waals surface area (Å²) in [7, 11) is 0. The minimum Gasteiger partial charge on any atom is -0.480 e. The first-order valence-corrected chi connectivity index (χ1v) is 10.1. The van der Waals surface area contributed by atoms with E-state index >= 15 is 0 Å². The zero-order valence-corrected chi connectivity index (χ0v) is 17.4. The number of rotatable bonds is 13. The number of hydrogen-bond acceptors (Lipinski definition) is 5. The molecule has 0 saturated carbocycles. The van der Waals surface area contributed by atoms with Crippen molar-refractivity contribution >= 4 is 23.8 Å². The van der Waals surface area contributed by atoms with Crippen LogP contribution < -0.4 is 16.4 Å². The molecule has 0 radical (unpaired) electrons. The van der Waals surface area contributed by atoms with Crippen LogP contribution in [0.2, 0.25) is 0 Å². The van der Waals surface area contributed by atoms with Gasteiger partial charge >= 0.3 is 11.9 Å². The predicted molar refractivity (Wildman–Crippen MR) is 117 cm³/mol. The molecule has 2 aromatic carbocycles. The highest BCUT2D eigenvalue weighted by molar-refractivity contribution is 5.90. The lowest BCUT2D eigenvalue weighted by Gasteiger charge is -2.24. The van der Waals surface area contributed by atoms with Gasteiger partial charge in [-0.25, -0.2) is 4.79 Å². The molecule has 0 fully saturated rings. The molecule has 2 aromatic rings. The number of nitrogens with two attached hydrogens (primary N) is 1. The molecule has 0 saturated heterocycles. The van der Waals surface area contributed by atoms with Crippen molar-refractivity contribution in [2.45, 2.75) is 43.8 Å². The van der Waals surface area contributed by atoms with Crippen molar-refractivity contribution in [1.82, 2.24) is 10.6 Å². The molecule has 0 bridgehead atoms. The largest absolute Gasteiger partial charge is 0.480 e. The summed E-state index contributed by atoms with van der Waals surface area (Å²) in [5, 5.41) is 24.1. The molecule has 0 heterocycles. The summed E-state index contributed by atoms with van der Waals surface area (Å²) in [6.45, 7) is 0. The maximum Gasteiger partial charge on any atom is 0.326 e. The average molecular weight is 441 g/mol. The van der Waals surface area contributed by atoms with E-state index in [1.54, 1.807) is 30.3 Å². The summed E-state index contributed by atoms with van der Waals surface area (Å²) in [5.74, 6) is -4.14. The van der Waals surface area contributed by atoms with E-state index in [1.807, 2.05) is 30.3 Å². The van der Waals surface area contributed by atoms with Gasteiger partial charge in [-0.2, -0.15) is 0 Å². The third kappa shape index (κ3) is 8.19. The van der Waals surface area contributed by atoms with Crippen LogP contribution in [0.3, 0.4) is 0 Å². The molecule has 32 heavy (non-hydrogen) atoms. The van der Waals surface area contributed by atoms with Gasteiger partial charge in [0.15, 0.2) is 0 Å². The zero-order chi connectivity index (χ0) is 23.5. The Bertz CT molecular complexity index is 920. The lowest BCUT2D eigenvalue weighted by molar-refractivity contribution is -0.144. The van der Waals surface area contributed by atoms with Gasteiger partial charge in [0.2, 0.25) is 11.8 Å². The number of carbonyl (C=O) groups is 4. The molecule has 0 aliphatic heterocycles. The van der Waals surface area contributed by atoms with Gasteiger partial charge in [0, 0.05) is 0 Å². The van der Waals surface area contributed by atoms with Crippen LogP contribution in [0.4, 0.5) is 0 Å². The SMILES string of the molecule is NC(=O)C[C@H](NC(=O)[C@H](Cc1ccccc1)NC(CCc1ccccc1)C(=O)O)C(=O)O. The van der Waals surface area contributed by atoms with Crippen molar-refractivity contribution < 1.29 is 29.4 Å². The Hall–Kier alpha value is -3.72. The quantitative estimate of drug-likeness (QED) is 0.306. The summed E-state index contributed by atoms with van der Waals surface area (Å²) in [4.78, 5) is 47.3. The van der Waals surface area contributed by atoms with Gasteiger partial charge in [-0.1, -0.05) is 60.7 Å². The molecule has 0 aliphatic carbocycles. The fourth-order valence-corrected chi connectivity index (χ4v) is 3.23. The summed E-state index contributed by atoms with van der Waals surface area (Å²) in [6, 6.07) is 14.7. The van der Waals surface area contributed by atoms with Crippen molar-refractivity contribution in [1.29, 1.82) is 0 Å². The number of nitrogens with one attached hydrogen (secondary N) is 2. The van der Waals surface area contributed by atoms with Crippen LogP contribution in [0.15, 0.2) is 60.7 Å². The van der Waals surface area contributed by atoms with Gasteiger partial charge in [0.1, 0.15) is 12.1 Å². The molecule has 1 unspecified atom stereocenters. The number of carboxylic acids is 2. The number of aryl methyl sites for hydroxylation is 1. The van der Waals surface area contributed by atoms with E-state index in [1.165, 1.54) is 0 Å². The number of hydrogen-bond donors (Lipinski definition) is 5. The van der Waals surface area contributed by atoms with E-state index in [0.717, 1.165) is 11.1 Å². The Kier molecular flexibility index (Phi) is 9.37. The van der Waals surface area contributed by atoms with E-state index in [4.69, 9.17) is 5.73 Å². The third-order valence-electron chi connectivity index (χ3n) is 4.88. The Labute approximate surface area is 185 Å². The lowest BCUT2D eigenvalue weighted by atomic mass is 10.0. The first-order valence-electron chi connectivity index (χ1n) is 10.1. The zero-order valence-electron chi connectivity index (χ0n) is 17.4. The smallest absolute Gasteiger partial charge is 0.326 e. The summed E-state index contributed by atoms with van der Waals surface area (Å²) >= 11 is 0. The maximum atomic E-state index is 12.9. The van der Waals surface area contributed by atoms with E-state index in [2.05, 4.69) is 10.6 Å². The van der Waals surface area contributed by atoms with Gasteiger partial charge in [-0.05, 0) is 30.4 Å². The molecule has 170 valence electrons. The minimum absolute atomic E-state index is 0.130. The van der Waals surface area contributed by atoms with E-state index < -0.39 is 48.3 Å². The van der Waals surface area contributed by atoms with E-state index in [-0.39, 0.29) is 12.8 Å². The molecular weight excluding hydrogens is 414 g/mol. The van der Waals surface area contributed by atoms with E-state index in [9.17, 15) is 29.4 Å². The molecule has 0 aliphatic rings. The van der Waals surface area contributed by atoms with E-state index in [0.29, 0.717) is 6.42 Å². The van der Waals surface area contributed by atoms with Crippen LogP contribution >= 0.6 is 0 Å². The van der Waals surface area contributed by atoms with Crippen LogP contribution in [0, 0.1) is 0 Å². The molecule has 3 atom stereocenters. The van der Waals surface area contributed by atoms with Crippen molar-refractivity contribution in [2.75, 3.05) is 0 Å². The minimum atomic E-state index is -1.51. The molecule has 0 spiro atoms. The number of benzene rings is 2. The number of carbonyl (C=O) groups excluding carboxylic acids is 2. The van der Waals surface area contributed by atoms with Gasteiger partial charge in [-0.3, -0.25) is 19.7 Å². The fraction of sp³-hybridized carbons (Fsp3) is 0.304. The number of primary amides is 1.